The Hall–Kier alpha value is -2.29. The molecule has 0 aliphatic carbocycles. The minimum atomic E-state index is -3.54. The smallest absolute Gasteiger partial charge is 0.251 e. The quantitative estimate of drug-likeness (QED) is 0.693. The molecule has 0 bridgehead atoms. The average Bonchev–Trinajstić information content (AvgIpc) is 3.14. The fourth-order valence-electron chi connectivity index (χ4n) is 3.64. The molecule has 1 amide bonds. The van der Waals surface area contributed by atoms with Gasteiger partial charge in [0, 0.05) is 32.4 Å². The highest BCUT2D eigenvalue weighted by atomic mass is 32.2. The van der Waals surface area contributed by atoms with E-state index >= 15 is 0 Å². The van der Waals surface area contributed by atoms with Gasteiger partial charge in [0.15, 0.2) is 0 Å². The van der Waals surface area contributed by atoms with E-state index in [2.05, 4.69) is 5.32 Å². The number of nitrogens with zero attached hydrogens (tertiary/aromatic N) is 1. The summed E-state index contributed by atoms with van der Waals surface area (Å²) >= 11 is 0. The molecule has 0 aromatic heterocycles. The van der Waals surface area contributed by atoms with Crippen LogP contribution in [0.3, 0.4) is 0 Å². The molecule has 1 heterocycles. The van der Waals surface area contributed by atoms with Crippen LogP contribution in [-0.2, 0) is 20.5 Å². The van der Waals surface area contributed by atoms with Gasteiger partial charge in [-0.3, -0.25) is 4.79 Å². The predicted octanol–water partition coefficient (Wildman–Crippen LogP) is 2.87. The number of carbonyl (C=O) groups excluding carboxylic acids is 1. The Labute approximate surface area is 177 Å². The standard InChI is InChI=1S/C22H27FN2O4S/c1-17-3-5-18(6-4-17)15-30(27,28)25-13-11-22(16-25,12-14-29-2)24-21(26)19-7-9-20(23)10-8-19/h3-10H,11-16H2,1-2H3,(H,24,26). The lowest BCUT2D eigenvalue weighted by atomic mass is 9.94. The van der Waals surface area contributed by atoms with Crippen LogP contribution in [0.2, 0.25) is 0 Å². The molecule has 8 heteroatoms. The summed E-state index contributed by atoms with van der Waals surface area (Å²) in [4.78, 5) is 12.7. The highest BCUT2D eigenvalue weighted by Crippen LogP contribution is 2.29. The maximum absolute atomic E-state index is 13.2. The van der Waals surface area contributed by atoms with Crippen molar-refractivity contribution in [1.82, 2.24) is 9.62 Å². The third-order valence-electron chi connectivity index (χ3n) is 5.45. The molecule has 1 fully saturated rings. The summed E-state index contributed by atoms with van der Waals surface area (Å²) in [7, 11) is -1.97. The summed E-state index contributed by atoms with van der Waals surface area (Å²) in [5.74, 6) is -0.863. The molecule has 1 atom stereocenters. The molecule has 1 N–H and O–H groups in total. The Bertz CT molecular complexity index is 977. The number of aryl methyl sites for hydroxylation is 1. The normalized spacial score (nSPS) is 19.7. The predicted molar refractivity (Wildman–Crippen MR) is 113 cm³/mol. The minimum absolute atomic E-state index is 0.0838. The van der Waals surface area contributed by atoms with Gasteiger partial charge in [0.05, 0.1) is 11.3 Å². The number of ether oxygens (including phenoxy) is 1. The molecule has 2 aromatic carbocycles. The molecule has 0 spiro atoms. The zero-order valence-corrected chi connectivity index (χ0v) is 18.0. The molecule has 1 unspecified atom stereocenters. The van der Waals surface area contributed by atoms with Gasteiger partial charge >= 0.3 is 0 Å². The van der Waals surface area contributed by atoms with Gasteiger partial charge in [0.2, 0.25) is 10.0 Å². The molecule has 1 aliphatic heterocycles. The van der Waals surface area contributed by atoms with Crippen LogP contribution in [0.25, 0.3) is 0 Å². The number of nitrogens with one attached hydrogen (secondary N) is 1. The van der Waals surface area contributed by atoms with E-state index in [1.807, 2.05) is 31.2 Å². The van der Waals surface area contributed by atoms with Crippen molar-refractivity contribution in [3.63, 3.8) is 0 Å². The summed E-state index contributed by atoms with van der Waals surface area (Å²) in [6.45, 7) is 2.83. The molecule has 0 radical (unpaired) electrons. The Morgan fingerprint density at radius 1 is 1.17 bits per heavy atom. The molecule has 0 saturated carbocycles. The number of rotatable bonds is 8. The topological polar surface area (TPSA) is 75.7 Å². The Kier molecular flexibility index (Phi) is 6.90. The van der Waals surface area contributed by atoms with Gasteiger partial charge < -0.3 is 10.1 Å². The van der Waals surface area contributed by atoms with Crippen LogP contribution in [0.15, 0.2) is 48.5 Å². The largest absolute Gasteiger partial charge is 0.385 e. The maximum atomic E-state index is 13.2. The van der Waals surface area contributed by atoms with Crippen LogP contribution in [0.4, 0.5) is 4.39 Å². The van der Waals surface area contributed by atoms with Gasteiger partial charge in [-0.1, -0.05) is 29.8 Å². The first kappa shape index (κ1) is 22.4. The second kappa shape index (κ2) is 9.24. The fraction of sp³-hybridized carbons (Fsp3) is 0.409. The van der Waals surface area contributed by atoms with Gasteiger partial charge in [0.25, 0.3) is 5.91 Å². The summed E-state index contributed by atoms with van der Waals surface area (Å²) < 4.78 is 45.8. The Morgan fingerprint density at radius 3 is 2.47 bits per heavy atom. The first-order chi connectivity index (χ1) is 14.2. The number of amides is 1. The van der Waals surface area contributed by atoms with Crippen LogP contribution in [0.5, 0.6) is 0 Å². The zero-order valence-electron chi connectivity index (χ0n) is 17.2. The summed E-state index contributed by atoms with van der Waals surface area (Å²) in [6.07, 6.45) is 0.962. The van der Waals surface area contributed by atoms with Crippen molar-refractivity contribution in [1.29, 1.82) is 0 Å². The number of hydrogen-bond acceptors (Lipinski definition) is 4. The van der Waals surface area contributed by atoms with E-state index in [-0.39, 0.29) is 18.2 Å². The highest BCUT2D eigenvalue weighted by molar-refractivity contribution is 7.88. The van der Waals surface area contributed by atoms with Crippen LogP contribution in [0, 0.1) is 12.7 Å². The molecule has 2 aromatic rings. The maximum Gasteiger partial charge on any atom is 0.251 e. The molecular weight excluding hydrogens is 407 g/mol. The van der Waals surface area contributed by atoms with Gasteiger partial charge in [0.1, 0.15) is 5.82 Å². The third kappa shape index (κ3) is 5.44. The Morgan fingerprint density at radius 2 is 1.83 bits per heavy atom. The number of benzene rings is 2. The molecule has 1 saturated heterocycles. The zero-order chi connectivity index (χ0) is 21.8. The van der Waals surface area contributed by atoms with E-state index in [0.717, 1.165) is 11.1 Å². The van der Waals surface area contributed by atoms with Gasteiger partial charge in [-0.15, -0.1) is 0 Å². The van der Waals surface area contributed by atoms with Crippen molar-refractivity contribution in [3.8, 4) is 0 Å². The minimum Gasteiger partial charge on any atom is -0.385 e. The first-order valence-electron chi connectivity index (χ1n) is 9.83. The molecular formula is C22H27FN2O4S. The second-order valence-electron chi connectivity index (χ2n) is 7.81. The van der Waals surface area contributed by atoms with Crippen molar-refractivity contribution < 1.29 is 22.3 Å². The molecule has 6 nitrogen and oxygen atoms in total. The summed E-state index contributed by atoms with van der Waals surface area (Å²) in [5, 5.41) is 2.99. The van der Waals surface area contributed by atoms with E-state index in [4.69, 9.17) is 4.74 Å². The van der Waals surface area contributed by atoms with Crippen molar-refractivity contribution in [2.24, 2.45) is 0 Å². The number of methoxy groups -OCH3 is 1. The lowest BCUT2D eigenvalue weighted by Gasteiger charge is -2.30. The van der Waals surface area contributed by atoms with Crippen LogP contribution < -0.4 is 5.32 Å². The molecule has 1 aliphatic rings. The first-order valence-corrected chi connectivity index (χ1v) is 11.4. The number of halogens is 1. The third-order valence-corrected chi connectivity index (χ3v) is 7.25. The number of hydrogen-bond donors (Lipinski definition) is 1. The van der Waals surface area contributed by atoms with Crippen LogP contribution in [-0.4, -0.2) is 51.0 Å². The number of carbonyl (C=O) groups is 1. The van der Waals surface area contributed by atoms with E-state index in [9.17, 15) is 17.6 Å². The van der Waals surface area contributed by atoms with Gasteiger partial charge in [-0.05, 0) is 49.6 Å². The van der Waals surface area contributed by atoms with Crippen molar-refractivity contribution in [2.75, 3.05) is 26.8 Å². The number of sulfonamides is 1. The second-order valence-corrected chi connectivity index (χ2v) is 9.78. The van der Waals surface area contributed by atoms with Crippen LogP contribution in [0.1, 0.15) is 34.3 Å². The average molecular weight is 435 g/mol. The molecule has 3 rings (SSSR count). The highest BCUT2D eigenvalue weighted by Gasteiger charge is 2.43. The van der Waals surface area contributed by atoms with Crippen molar-refractivity contribution in [2.45, 2.75) is 31.1 Å². The summed E-state index contributed by atoms with van der Waals surface area (Å²) in [6, 6.07) is 12.7. The SMILES string of the molecule is COCCC1(NC(=O)c2ccc(F)cc2)CCN(S(=O)(=O)Cc2ccc(C)cc2)C1. The monoisotopic (exact) mass is 434 g/mol. The van der Waals surface area contributed by atoms with E-state index in [1.54, 1.807) is 7.11 Å². The fourth-order valence-corrected chi connectivity index (χ4v) is 5.25. The Balaban J connectivity index is 1.74. The van der Waals surface area contributed by atoms with E-state index in [1.165, 1.54) is 28.6 Å². The van der Waals surface area contributed by atoms with Gasteiger partial charge in [-0.2, -0.15) is 4.31 Å². The van der Waals surface area contributed by atoms with Crippen LogP contribution >= 0.6 is 0 Å². The van der Waals surface area contributed by atoms with E-state index in [0.29, 0.717) is 31.6 Å². The van der Waals surface area contributed by atoms with Crippen molar-refractivity contribution >= 4 is 15.9 Å². The van der Waals surface area contributed by atoms with E-state index < -0.39 is 21.4 Å². The molecule has 162 valence electrons. The molecule has 30 heavy (non-hydrogen) atoms. The summed E-state index contributed by atoms with van der Waals surface area (Å²) in [5.41, 5.74) is 1.39. The van der Waals surface area contributed by atoms with Crippen molar-refractivity contribution in [3.05, 3.63) is 71.0 Å². The lowest BCUT2D eigenvalue weighted by Crippen LogP contribution is -2.51. The van der Waals surface area contributed by atoms with Gasteiger partial charge in [-0.25, -0.2) is 12.8 Å². The lowest BCUT2D eigenvalue weighted by molar-refractivity contribution is 0.0871.